The average molecular weight is 848 g/mol. The van der Waals surface area contributed by atoms with E-state index in [0.29, 0.717) is 24.0 Å². The number of aromatic nitrogens is 3. The summed E-state index contributed by atoms with van der Waals surface area (Å²) in [5.74, 6) is -1.34. The molecule has 2 fully saturated rings. The summed E-state index contributed by atoms with van der Waals surface area (Å²) >= 11 is 0. The lowest BCUT2D eigenvalue weighted by atomic mass is 10.0. The standard InChI is InChI=1S/C44H49N9O7S/c1-61(58,59)49-32-11-8-10-30(28-32)36-19-18-34-29-45-44(48-53(34)36)46-31-14-16-33(17-15-31)51-25-23-50(24-26-51)22-6-4-2-3-5-7-27-60-38-13-9-12-35-40(38)43(57)52(42(35)56)37-20-21-39(54)47-41(37)55/h8-19,28-29,37,49H,2-7,20-27H2,1H3,(H,46,48)(H,47,54,55). The van der Waals surface area contributed by atoms with E-state index in [1.54, 1.807) is 47.1 Å². The predicted octanol–water partition coefficient (Wildman–Crippen LogP) is 5.45. The van der Waals surface area contributed by atoms with Crippen molar-refractivity contribution in [1.82, 2.24) is 29.7 Å². The molecule has 0 aliphatic carbocycles. The van der Waals surface area contributed by atoms with Gasteiger partial charge in [0, 0.05) is 55.2 Å². The van der Waals surface area contributed by atoms with Crippen LogP contribution in [0.5, 0.6) is 5.75 Å². The molecule has 0 saturated carbocycles. The van der Waals surface area contributed by atoms with E-state index in [-0.39, 0.29) is 24.0 Å². The number of piperidine rings is 1. The zero-order valence-electron chi connectivity index (χ0n) is 34.0. The molecule has 61 heavy (non-hydrogen) atoms. The molecule has 0 radical (unpaired) electrons. The summed E-state index contributed by atoms with van der Waals surface area (Å²) in [5, 5.41) is 10.3. The number of benzene rings is 3. The minimum Gasteiger partial charge on any atom is -0.493 e. The van der Waals surface area contributed by atoms with Crippen molar-refractivity contribution in [3.63, 3.8) is 0 Å². The van der Waals surface area contributed by atoms with Gasteiger partial charge in [-0.2, -0.15) is 0 Å². The first kappa shape index (κ1) is 41.4. The number of unbranched alkanes of at least 4 members (excludes halogenated alkanes) is 5. The number of carbonyl (C=O) groups excluding carboxylic acids is 4. The number of hydrogen-bond acceptors (Lipinski definition) is 12. The summed E-state index contributed by atoms with van der Waals surface area (Å²) in [4.78, 5) is 60.7. The van der Waals surface area contributed by atoms with E-state index >= 15 is 0 Å². The Kier molecular flexibility index (Phi) is 12.3. The highest BCUT2D eigenvalue weighted by Gasteiger charge is 2.46. The maximum absolute atomic E-state index is 13.3. The van der Waals surface area contributed by atoms with Crippen molar-refractivity contribution < 1.29 is 32.3 Å². The average Bonchev–Trinajstić information content (AvgIpc) is 3.78. The molecule has 318 valence electrons. The van der Waals surface area contributed by atoms with Gasteiger partial charge in [0.05, 0.1) is 41.4 Å². The molecular weight excluding hydrogens is 799 g/mol. The summed E-state index contributed by atoms with van der Waals surface area (Å²) in [5.41, 5.74) is 5.37. The van der Waals surface area contributed by atoms with E-state index < -0.39 is 39.7 Å². The van der Waals surface area contributed by atoms with Crippen molar-refractivity contribution >= 4 is 62.2 Å². The molecule has 3 aliphatic heterocycles. The van der Waals surface area contributed by atoms with Gasteiger partial charge in [-0.25, -0.2) is 17.9 Å². The Bertz CT molecular complexity index is 2550. The van der Waals surface area contributed by atoms with Gasteiger partial charge in [0.15, 0.2) is 0 Å². The number of anilines is 4. The summed E-state index contributed by atoms with van der Waals surface area (Å²) in [6, 6.07) is 23.3. The highest BCUT2D eigenvalue weighted by Crippen LogP contribution is 2.34. The second kappa shape index (κ2) is 18.1. The molecule has 0 spiro atoms. The van der Waals surface area contributed by atoms with Crippen LogP contribution in [-0.4, -0.2) is 108 Å². The van der Waals surface area contributed by atoms with Gasteiger partial charge < -0.3 is 15.0 Å². The Morgan fingerprint density at radius 1 is 0.820 bits per heavy atom. The lowest BCUT2D eigenvalue weighted by molar-refractivity contribution is -0.136. The van der Waals surface area contributed by atoms with Crippen molar-refractivity contribution in [2.45, 2.75) is 57.4 Å². The first-order valence-electron chi connectivity index (χ1n) is 20.8. The number of piperazine rings is 1. The summed E-state index contributed by atoms with van der Waals surface area (Å²) in [6.07, 6.45) is 9.43. The van der Waals surface area contributed by atoms with Crippen molar-refractivity contribution in [3.05, 3.63) is 96.2 Å². The number of nitrogens with one attached hydrogen (secondary N) is 3. The summed E-state index contributed by atoms with van der Waals surface area (Å²) in [6.45, 7) is 5.46. The van der Waals surface area contributed by atoms with Crippen LogP contribution < -0.4 is 25.0 Å². The number of sulfonamides is 1. The van der Waals surface area contributed by atoms with Gasteiger partial charge in [-0.05, 0) is 86.5 Å². The molecule has 5 aromatic rings. The fourth-order valence-corrected chi connectivity index (χ4v) is 8.73. The summed E-state index contributed by atoms with van der Waals surface area (Å²) < 4.78 is 33.8. The second-order valence-corrected chi connectivity index (χ2v) is 17.4. The maximum Gasteiger partial charge on any atom is 0.266 e. The fourth-order valence-electron chi connectivity index (χ4n) is 8.18. The molecular formula is C44H49N9O7S. The number of ether oxygens (including phenoxy) is 1. The molecule has 2 aromatic heterocycles. The van der Waals surface area contributed by atoms with Crippen molar-refractivity contribution in [2.75, 3.05) is 60.5 Å². The van der Waals surface area contributed by atoms with Crippen LogP contribution in [-0.2, 0) is 19.6 Å². The highest BCUT2D eigenvalue weighted by atomic mass is 32.2. The van der Waals surface area contributed by atoms with E-state index in [0.717, 1.165) is 105 Å². The number of imide groups is 2. The van der Waals surface area contributed by atoms with E-state index in [1.165, 1.54) is 5.69 Å². The van der Waals surface area contributed by atoms with Crippen LogP contribution >= 0.6 is 0 Å². The second-order valence-electron chi connectivity index (χ2n) is 15.7. The number of amides is 4. The van der Waals surface area contributed by atoms with Gasteiger partial charge in [0.1, 0.15) is 11.8 Å². The Morgan fingerprint density at radius 2 is 1.57 bits per heavy atom. The Morgan fingerprint density at radius 3 is 2.34 bits per heavy atom. The molecule has 5 heterocycles. The lowest BCUT2D eigenvalue weighted by Crippen LogP contribution is -2.54. The molecule has 4 amide bonds. The quantitative estimate of drug-likeness (QED) is 0.0795. The first-order valence-corrected chi connectivity index (χ1v) is 22.6. The zero-order chi connectivity index (χ0) is 42.5. The SMILES string of the molecule is CS(=O)(=O)Nc1cccc(-c2ccc3cnc(Nc4ccc(N5CCN(CCCCCCCCOc6cccc7c6C(=O)N(C6CCC(=O)NC6=O)C7=O)CC5)cc4)nn23)c1. The minimum absolute atomic E-state index is 0.0758. The van der Waals surface area contributed by atoms with E-state index in [9.17, 15) is 27.6 Å². The van der Waals surface area contributed by atoms with Crippen LogP contribution in [0.1, 0.15) is 72.1 Å². The molecule has 0 bridgehead atoms. The minimum atomic E-state index is -3.40. The van der Waals surface area contributed by atoms with Crippen LogP contribution in [0.3, 0.4) is 0 Å². The van der Waals surface area contributed by atoms with Crippen molar-refractivity contribution in [1.29, 1.82) is 0 Å². The van der Waals surface area contributed by atoms with Gasteiger partial charge in [-0.3, -0.25) is 39.0 Å². The van der Waals surface area contributed by atoms with E-state index in [1.807, 2.05) is 30.3 Å². The third-order valence-electron chi connectivity index (χ3n) is 11.3. The largest absolute Gasteiger partial charge is 0.493 e. The number of rotatable bonds is 17. The molecule has 3 N–H and O–H groups in total. The summed E-state index contributed by atoms with van der Waals surface area (Å²) in [7, 11) is -3.40. The molecule has 3 aliphatic rings. The molecule has 1 atom stereocenters. The van der Waals surface area contributed by atoms with Gasteiger partial charge in [0.25, 0.3) is 11.8 Å². The Labute approximate surface area is 354 Å². The van der Waals surface area contributed by atoms with E-state index in [4.69, 9.17) is 9.84 Å². The number of hydrogen-bond donors (Lipinski definition) is 3. The van der Waals surface area contributed by atoms with Gasteiger partial charge >= 0.3 is 0 Å². The van der Waals surface area contributed by atoms with Crippen LogP contribution in [0.4, 0.5) is 23.0 Å². The molecule has 16 nitrogen and oxygen atoms in total. The lowest BCUT2D eigenvalue weighted by Gasteiger charge is -2.36. The van der Waals surface area contributed by atoms with Crippen LogP contribution in [0.2, 0.25) is 0 Å². The smallest absolute Gasteiger partial charge is 0.266 e. The molecule has 3 aromatic carbocycles. The number of nitrogens with zero attached hydrogens (tertiary/aromatic N) is 6. The van der Waals surface area contributed by atoms with Crippen molar-refractivity contribution in [3.8, 4) is 17.0 Å². The monoisotopic (exact) mass is 847 g/mol. The van der Waals surface area contributed by atoms with Crippen LogP contribution in [0.25, 0.3) is 16.8 Å². The first-order chi connectivity index (χ1) is 29.5. The molecule has 1 unspecified atom stereocenters. The van der Waals surface area contributed by atoms with Crippen LogP contribution in [0, 0.1) is 0 Å². The molecule has 2 saturated heterocycles. The van der Waals surface area contributed by atoms with Crippen LogP contribution in [0.15, 0.2) is 85.1 Å². The molecule has 8 rings (SSSR count). The Balaban J connectivity index is 0.723. The molecule has 17 heteroatoms. The fraction of sp³-hybridized carbons (Fsp3) is 0.364. The van der Waals surface area contributed by atoms with Crippen molar-refractivity contribution in [2.24, 2.45) is 0 Å². The normalized spacial score (nSPS) is 17.2. The van der Waals surface area contributed by atoms with E-state index in [2.05, 4.69) is 42.3 Å². The third-order valence-corrected chi connectivity index (χ3v) is 11.9. The zero-order valence-corrected chi connectivity index (χ0v) is 34.8. The predicted molar refractivity (Wildman–Crippen MR) is 232 cm³/mol. The van der Waals surface area contributed by atoms with Gasteiger partial charge in [-0.1, -0.05) is 43.9 Å². The number of fused-ring (bicyclic) bond motifs is 2. The highest BCUT2D eigenvalue weighted by molar-refractivity contribution is 7.92. The van der Waals surface area contributed by atoms with Gasteiger partial charge in [-0.15, -0.1) is 5.10 Å². The third kappa shape index (κ3) is 9.68. The topological polar surface area (TPSA) is 188 Å². The number of carbonyl (C=O) groups is 4. The van der Waals surface area contributed by atoms with Gasteiger partial charge in [0.2, 0.25) is 27.8 Å². The Hall–Kier alpha value is -6.33. The maximum atomic E-state index is 13.3.